The fraction of sp³-hybridized carbons (Fsp3) is 0.200. The zero-order valence-corrected chi connectivity index (χ0v) is 7.53. The second-order valence-corrected chi connectivity index (χ2v) is 3.05. The molecule has 0 spiro atoms. The molecule has 4 heteroatoms. The normalized spacial score (nSPS) is 15.4. The first-order chi connectivity index (χ1) is 6.79. The molecule has 0 atom stereocenters. The number of carboxylic acid groups (broad SMARTS) is 1. The minimum atomic E-state index is -0.865. The monoisotopic (exact) mass is 190 g/mol. The molecule has 0 saturated carbocycles. The second kappa shape index (κ2) is 3.49. The molecule has 1 aromatic heterocycles. The number of nitrogens with zero attached hydrogens (tertiary/aromatic N) is 1. The Balaban J connectivity index is 2.43. The minimum Gasteiger partial charge on any atom is -0.478 e. The standard InChI is InChI=1S/C10H10N2O2/c13-10(14)7-4-6-12-9(7)8-3-1-2-5-11-8/h1-3,5,12H,4,6H2,(H,13,14). The van der Waals surface area contributed by atoms with Gasteiger partial charge in [-0.3, -0.25) is 4.98 Å². The van der Waals surface area contributed by atoms with Crippen molar-refractivity contribution in [2.24, 2.45) is 0 Å². The third-order valence-electron chi connectivity index (χ3n) is 2.16. The van der Waals surface area contributed by atoms with Crippen LogP contribution in [0.15, 0.2) is 30.0 Å². The summed E-state index contributed by atoms with van der Waals surface area (Å²) in [6.07, 6.45) is 2.21. The number of nitrogens with one attached hydrogen (secondary N) is 1. The Kier molecular flexibility index (Phi) is 2.18. The summed E-state index contributed by atoms with van der Waals surface area (Å²) in [5.41, 5.74) is 1.77. The molecule has 0 fully saturated rings. The summed E-state index contributed by atoms with van der Waals surface area (Å²) in [7, 11) is 0. The maximum absolute atomic E-state index is 10.9. The van der Waals surface area contributed by atoms with E-state index in [4.69, 9.17) is 5.11 Å². The topological polar surface area (TPSA) is 62.2 Å². The third-order valence-corrected chi connectivity index (χ3v) is 2.16. The number of pyridine rings is 1. The highest BCUT2D eigenvalue weighted by atomic mass is 16.4. The number of hydrogen-bond acceptors (Lipinski definition) is 3. The number of carbonyl (C=O) groups is 1. The summed E-state index contributed by atoms with van der Waals surface area (Å²) < 4.78 is 0. The van der Waals surface area contributed by atoms with Crippen LogP contribution in [0.5, 0.6) is 0 Å². The van der Waals surface area contributed by atoms with Gasteiger partial charge < -0.3 is 10.4 Å². The zero-order valence-electron chi connectivity index (χ0n) is 7.53. The van der Waals surface area contributed by atoms with Gasteiger partial charge in [0.15, 0.2) is 0 Å². The summed E-state index contributed by atoms with van der Waals surface area (Å²) in [5.74, 6) is -0.865. The quantitative estimate of drug-likeness (QED) is 0.726. The average molecular weight is 190 g/mol. The van der Waals surface area contributed by atoms with E-state index >= 15 is 0 Å². The van der Waals surface area contributed by atoms with E-state index in [9.17, 15) is 4.79 Å². The molecule has 4 nitrogen and oxygen atoms in total. The highest BCUT2D eigenvalue weighted by molar-refractivity contribution is 5.96. The molecule has 0 aromatic carbocycles. The lowest BCUT2D eigenvalue weighted by Gasteiger charge is -2.03. The molecule has 1 aliphatic rings. The number of aromatic nitrogens is 1. The van der Waals surface area contributed by atoms with E-state index in [0.717, 1.165) is 0 Å². The van der Waals surface area contributed by atoms with E-state index in [1.54, 1.807) is 18.3 Å². The van der Waals surface area contributed by atoms with Crippen molar-refractivity contribution < 1.29 is 9.90 Å². The number of hydrogen-bond donors (Lipinski definition) is 2. The van der Waals surface area contributed by atoms with Crippen molar-refractivity contribution in [2.75, 3.05) is 6.54 Å². The van der Waals surface area contributed by atoms with Gasteiger partial charge in [-0.2, -0.15) is 0 Å². The van der Waals surface area contributed by atoms with Crippen molar-refractivity contribution in [2.45, 2.75) is 6.42 Å². The van der Waals surface area contributed by atoms with Crippen molar-refractivity contribution in [1.29, 1.82) is 0 Å². The van der Waals surface area contributed by atoms with Crippen LogP contribution in [0.4, 0.5) is 0 Å². The largest absolute Gasteiger partial charge is 0.478 e. The molecular weight excluding hydrogens is 180 g/mol. The number of carboxylic acids is 1. The molecule has 2 heterocycles. The third kappa shape index (κ3) is 1.46. The van der Waals surface area contributed by atoms with Crippen LogP contribution < -0.4 is 5.32 Å². The summed E-state index contributed by atoms with van der Waals surface area (Å²) in [4.78, 5) is 15.0. The Bertz CT molecular complexity index is 384. The van der Waals surface area contributed by atoms with Crippen molar-refractivity contribution in [3.63, 3.8) is 0 Å². The first-order valence-corrected chi connectivity index (χ1v) is 4.41. The molecular formula is C10H10N2O2. The highest BCUT2D eigenvalue weighted by Gasteiger charge is 2.21. The first-order valence-electron chi connectivity index (χ1n) is 4.41. The van der Waals surface area contributed by atoms with Crippen LogP contribution >= 0.6 is 0 Å². The van der Waals surface area contributed by atoms with Gasteiger partial charge in [-0.05, 0) is 18.6 Å². The Morgan fingerprint density at radius 2 is 2.36 bits per heavy atom. The van der Waals surface area contributed by atoms with Crippen LogP contribution in [0.1, 0.15) is 12.1 Å². The lowest BCUT2D eigenvalue weighted by molar-refractivity contribution is -0.132. The van der Waals surface area contributed by atoms with Crippen LogP contribution in [0, 0.1) is 0 Å². The lowest BCUT2D eigenvalue weighted by Crippen LogP contribution is -2.08. The van der Waals surface area contributed by atoms with Gasteiger partial charge in [-0.15, -0.1) is 0 Å². The maximum Gasteiger partial charge on any atom is 0.333 e. The predicted octanol–water partition coefficient (Wildman–Crippen LogP) is 0.871. The van der Waals surface area contributed by atoms with Crippen LogP contribution in [0.3, 0.4) is 0 Å². The van der Waals surface area contributed by atoms with Crippen molar-refractivity contribution in [3.05, 3.63) is 35.7 Å². The average Bonchev–Trinajstić information content (AvgIpc) is 2.67. The van der Waals surface area contributed by atoms with Gasteiger partial charge in [0.2, 0.25) is 0 Å². The van der Waals surface area contributed by atoms with Gasteiger partial charge >= 0.3 is 5.97 Å². The van der Waals surface area contributed by atoms with Crippen LogP contribution in [0.25, 0.3) is 5.70 Å². The maximum atomic E-state index is 10.9. The number of rotatable bonds is 2. The predicted molar refractivity (Wildman–Crippen MR) is 51.4 cm³/mol. The van der Waals surface area contributed by atoms with Gasteiger partial charge in [-0.1, -0.05) is 6.07 Å². The highest BCUT2D eigenvalue weighted by Crippen LogP contribution is 2.21. The molecule has 72 valence electrons. The fourth-order valence-corrected chi connectivity index (χ4v) is 1.51. The molecule has 2 rings (SSSR count). The van der Waals surface area contributed by atoms with Gasteiger partial charge in [-0.25, -0.2) is 4.79 Å². The smallest absolute Gasteiger partial charge is 0.333 e. The molecule has 0 bridgehead atoms. The van der Waals surface area contributed by atoms with Crippen molar-refractivity contribution in [3.8, 4) is 0 Å². The summed E-state index contributed by atoms with van der Waals surface area (Å²) in [6.45, 7) is 0.674. The van der Waals surface area contributed by atoms with E-state index in [2.05, 4.69) is 10.3 Å². The van der Waals surface area contributed by atoms with Crippen molar-refractivity contribution in [1.82, 2.24) is 10.3 Å². The minimum absolute atomic E-state index is 0.420. The van der Waals surface area contributed by atoms with E-state index in [1.165, 1.54) is 0 Å². The summed E-state index contributed by atoms with van der Waals surface area (Å²) in [5, 5.41) is 12.0. The Morgan fingerprint density at radius 1 is 1.50 bits per heavy atom. The zero-order chi connectivity index (χ0) is 9.97. The Hall–Kier alpha value is -1.84. The van der Waals surface area contributed by atoms with Gasteiger partial charge in [0.05, 0.1) is 17.0 Å². The molecule has 0 unspecified atom stereocenters. The van der Waals surface area contributed by atoms with Gasteiger partial charge in [0.25, 0.3) is 0 Å². The Morgan fingerprint density at radius 3 is 3.00 bits per heavy atom. The summed E-state index contributed by atoms with van der Waals surface area (Å²) in [6, 6.07) is 5.45. The van der Waals surface area contributed by atoms with Crippen molar-refractivity contribution >= 4 is 11.7 Å². The van der Waals surface area contributed by atoms with E-state index in [-0.39, 0.29) is 0 Å². The van der Waals surface area contributed by atoms with E-state index in [1.807, 2.05) is 6.07 Å². The first kappa shape index (κ1) is 8.74. The molecule has 0 saturated heterocycles. The van der Waals surface area contributed by atoms with E-state index < -0.39 is 5.97 Å². The molecule has 0 aliphatic carbocycles. The van der Waals surface area contributed by atoms with Crippen LogP contribution in [-0.4, -0.2) is 22.6 Å². The molecule has 1 aromatic rings. The van der Waals surface area contributed by atoms with Crippen LogP contribution in [0.2, 0.25) is 0 Å². The molecule has 0 amide bonds. The van der Waals surface area contributed by atoms with Gasteiger partial charge in [0, 0.05) is 12.7 Å². The molecule has 14 heavy (non-hydrogen) atoms. The van der Waals surface area contributed by atoms with Gasteiger partial charge in [0.1, 0.15) is 0 Å². The SMILES string of the molecule is O=C(O)C1=C(c2ccccn2)NCC1. The lowest BCUT2D eigenvalue weighted by atomic mass is 10.1. The molecule has 1 aliphatic heterocycles. The Labute approximate surface area is 81.3 Å². The summed E-state index contributed by atoms with van der Waals surface area (Å²) >= 11 is 0. The number of aliphatic carboxylic acids is 1. The second-order valence-electron chi connectivity index (χ2n) is 3.05. The fourth-order valence-electron chi connectivity index (χ4n) is 1.51. The van der Waals surface area contributed by atoms with Crippen LogP contribution in [-0.2, 0) is 4.79 Å². The molecule has 2 N–H and O–H groups in total. The van der Waals surface area contributed by atoms with E-state index in [0.29, 0.717) is 29.9 Å². The molecule has 0 radical (unpaired) electrons.